The predicted molar refractivity (Wildman–Crippen MR) is 74.2 cm³/mol. The lowest BCUT2D eigenvalue weighted by Gasteiger charge is -2.11. The van der Waals surface area contributed by atoms with Gasteiger partial charge in [0.05, 0.1) is 16.1 Å². The molecule has 22 heavy (non-hydrogen) atoms. The Balaban J connectivity index is 2.12. The van der Waals surface area contributed by atoms with Crippen LogP contribution < -0.4 is 4.74 Å². The zero-order valence-electron chi connectivity index (χ0n) is 11.0. The Morgan fingerprint density at radius 2 is 1.91 bits per heavy atom. The summed E-state index contributed by atoms with van der Waals surface area (Å²) in [6.07, 6.45) is -4.47. The van der Waals surface area contributed by atoms with Crippen molar-refractivity contribution < 1.29 is 27.8 Å². The molecule has 1 N–H and O–H groups in total. The largest absolute Gasteiger partial charge is 0.487 e. The summed E-state index contributed by atoms with van der Waals surface area (Å²) in [5, 5.41) is 8.71. The molecule has 116 valence electrons. The van der Waals surface area contributed by atoms with Crippen LogP contribution in [0.15, 0.2) is 42.5 Å². The second kappa shape index (κ2) is 6.27. The first-order chi connectivity index (χ1) is 10.3. The number of carbonyl (C=O) groups is 1. The molecule has 0 aliphatic heterocycles. The van der Waals surface area contributed by atoms with E-state index in [2.05, 4.69) is 0 Å². The number of alkyl halides is 3. The highest BCUT2D eigenvalue weighted by Crippen LogP contribution is 2.34. The Hall–Kier alpha value is -2.21. The van der Waals surface area contributed by atoms with Gasteiger partial charge in [-0.2, -0.15) is 13.2 Å². The van der Waals surface area contributed by atoms with Crippen LogP contribution in [0.3, 0.4) is 0 Å². The van der Waals surface area contributed by atoms with E-state index in [-0.39, 0.29) is 22.9 Å². The molecule has 0 aliphatic rings. The molecule has 2 rings (SSSR count). The molecule has 0 saturated carbocycles. The van der Waals surface area contributed by atoms with E-state index in [0.29, 0.717) is 5.56 Å². The lowest BCUT2D eigenvalue weighted by Crippen LogP contribution is -2.05. The van der Waals surface area contributed by atoms with Crippen molar-refractivity contribution in [2.24, 2.45) is 0 Å². The van der Waals surface area contributed by atoms with Crippen LogP contribution in [0.4, 0.5) is 13.2 Å². The van der Waals surface area contributed by atoms with Crippen LogP contribution in [-0.2, 0) is 12.8 Å². The number of carboxylic acid groups (broad SMARTS) is 1. The summed E-state index contributed by atoms with van der Waals surface area (Å²) in [4.78, 5) is 10.8. The first kappa shape index (κ1) is 16.2. The Labute approximate surface area is 128 Å². The fourth-order valence-corrected chi connectivity index (χ4v) is 1.98. The minimum atomic E-state index is -4.47. The van der Waals surface area contributed by atoms with Crippen LogP contribution in [0.2, 0.25) is 5.02 Å². The molecule has 0 unspecified atom stereocenters. The van der Waals surface area contributed by atoms with Crippen molar-refractivity contribution in [2.75, 3.05) is 0 Å². The van der Waals surface area contributed by atoms with E-state index in [0.717, 1.165) is 18.2 Å². The molecule has 0 bridgehead atoms. The lowest BCUT2D eigenvalue weighted by atomic mass is 10.1. The first-order valence-electron chi connectivity index (χ1n) is 6.09. The number of hydrogen-bond acceptors (Lipinski definition) is 2. The molecular formula is C15H10ClF3O3. The summed E-state index contributed by atoms with van der Waals surface area (Å²) >= 11 is 5.76. The Bertz CT molecular complexity index is 699. The van der Waals surface area contributed by atoms with Gasteiger partial charge in [0, 0.05) is 0 Å². The number of carboxylic acids is 1. The van der Waals surface area contributed by atoms with Crippen LogP contribution in [0.1, 0.15) is 21.5 Å². The number of rotatable bonds is 4. The van der Waals surface area contributed by atoms with E-state index in [1.165, 1.54) is 12.1 Å². The molecule has 0 atom stereocenters. The minimum absolute atomic E-state index is 0.00773. The summed E-state index contributed by atoms with van der Waals surface area (Å²) < 4.78 is 42.9. The van der Waals surface area contributed by atoms with Gasteiger partial charge in [0.2, 0.25) is 0 Å². The van der Waals surface area contributed by atoms with Gasteiger partial charge in [-0.15, -0.1) is 0 Å². The van der Waals surface area contributed by atoms with E-state index in [1.54, 1.807) is 12.1 Å². The van der Waals surface area contributed by atoms with E-state index in [4.69, 9.17) is 21.4 Å². The van der Waals surface area contributed by atoms with Gasteiger partial charge >= 0.3 is 12.1 Å². The maximum absolute atomic E-state index is 12.5. The monoisotopic (exact) mass is 330 g/mol. The Morgan fingerprint density at radius 1 is 1.18 bits per heavy atom. The summed E-state index contributed by atoms with van der Waals surface area (Å²) in [6.45, 7) is -0.00773. The van der Waals surface area contributed by atoms with Gasteiger partial charge in [-0.05, 0) is 35.9 Å². The summed E-state index contributed by atoms with van der Waals surface area (Å²) in [5.41, 5.74) is -0.201. The summed E-state index contributed by atoms with van der Waals surface area (Å²) in [5.74, 6) is -0.982. The van der Waals surface area contributed by atoms with Gasteiger partial charge in [0.1, 0.15) is 12.4 Å². The van der Waals surface area contributed by atoms with Crippen LogP contribution in [-0.4, -0.2) is 11.1 Å². The van der Waals surface area contributed by atoms with Crippen molar-refractivity contribution in [3.63, 3.8) is 0 Å². The van der Waals surface area contributed by atoms with E-state index in [9.17, 15) is 18.0 Å². The molecule has 0 aliphatic carbocycles. The zero-order valence-corrected chi connectivity index (χ0v) is 11.8. The molecule has 2 aromatic carbocycles. The lowest BCUT2D eigenvalue weighted by molar-refractivity contribution is -0.137. The van der Waals surface area contributed by atoms with Crippen LogP contribution >= 0.6 is 11.6 Å². The molecule has 2 aromatic rings. The fraction of sp³-hybridized carbons (Fsp3) is 0.133. The quantitative estimate of drug-likeness (QED) is 0.888. The van der Waals surface area contributed by atoms with Gasteiger partial charge in [-0.1, -0.05) is 23.7 Å². The average molecular weight is 331 g/mol. The molecule has 0 radical (unpaired) electrons. The van der Waals surface area contributed by atoms with Crippen molar-refractivity contribution in [1.29, 1.82) is 0 Å². The molecule has 0 amide bonds. The zero-order chi connectivity index (χ0) is 16.3. The average Bonchev–Trinajstić information content (AvgIpc) is 2.45. The summed E-state index contributed by atoms with van der Waals surface area (Å²) in [7, 11) is 0. The van der Waals surface area contributed by atoms with Crippen LogP contribution in [0, 0.1) is 0 Å². The standard InChI is InChI=1S/C15H10ClF3O3/c16-12-7-11(15(17,18)19)4-5-13(12)22-8-9-2-1-3-10(6-9)14(20)21/h1-7H,8H2,(H,20,21). The number of halogens is 4. The van der Waals surface area contributed by atoms with E-state index < -0.39 is 17.7 Å². The normalized spacial score (nSPS) is 11.3. The van der Waals surface area contributed by atoms with Gasteiger partial charge in [0.25, 0.3) is 0 Å². The van der Waals surface area contributed by atoms with Crippen molar-refractivity contribution >= 4 is 17.6 Å². The molecule has 0 fully saturated rings. The molecular weight excluding hydrogens is 321 g/mol. The number of hydrogen-bond donors (Lipinski definition) is 1. The first-order valence-corrected chi connectivity index (χ1v) is 6.47. The van der Waals surface area contributed by atoms with Crippen molar-refractivity contribution in [1.82, 2.24) is 0 Å². The molecule has 7 heteroatoms. The highest BCUT2D eigenvalue weighted by atomic mass is 35.5. The molecule has 0 saturated heterocycles. The fourth-order valence-electron chi connectivity index (χ4n) is 1.75. The third-order valence-electron chi connectivity index (χ3n) is 2.83. The maximum Gasteiger partial charge on any atom is 0.416 e. The maximum atomic E-state index is 12.5. The minimum Gasteiger partial charge on any atom is -0.487 e. The SMILES string of the molecule is O=C(O)c1cccc(COc2ccc(C(F)(F)F)cc2Cl)c1. The van der Waals surface area contributed by atoms with Gasteiger partial charge in [-0.3, -0.25) is 0 Å². The highest BCUT2D eigenvalue weighted by molar-refractivity contribution is 6.32. The number of aromatic carboxylic acids is 1. The Kier molecular flexibility index (Phi) is 4.61. The molecule has 3 nitrogen and oxygen atoms in total. The van der Waals surface area contributed by atoms with E-state index >= 15 is 0 Å². The third kappa shape index (κ3) is 3.92. The van der Waals surface area contributed by atoms with Crippen molar-refractivity contribution in [2.45, 2.75) is 12.8 Å². The third-order valence-corrected chi connectivity index (χ3v) is 3.12. The smallest absolute Gasteiger partial charge is 0.416 e. The van der Waals surface area contributed by atoms with Crippen LogP contribution in [0.5, 0.6) is 5.75 Å². The molecule has 0 spiro atoms. The van der Waals surface area contributed by atoms with E-state index in [1.807, 2.05) is 0 Å². The highest BCUT2D eigenvalue weighted by Gasteiger charge is 2.31. The van der Waals surface area contributed by atoms with Crippen molar-refractivity contribution in [3.05, 3.63) is 64.2 Å². The second-order valence-electron chi connectivity index (χ2n) is 4.44. The van der Waals surface area contributed by atoms with Gasteiger partial charge in [-0.25, -0.2) is 4.79 Å². The Morgan fingerprint density at radius 3 is 2.50 bits per heavy atom. The second-order valence-corrected chi connectivity index (χ2v) is 4.84. The predicted octanol–water partition coefficient (Wildman–Crippen LogP) is 4.64. The van der Waals surface area contributed by atoms with Gasteiger partial charge < -0.3 is 9.84 Å². The van der Waals surface area contributed by atoms with Crippen molar-refractivity contribution in [3.8, 4) is 5.75 Å². The summed E-state index contributed by atoms with van der Waals surface area (Å²) in [6, 6.07) is 8.82. The molecule has 0 aromatic heterocycles. The molecule has 0 heterocycles. The van der Waals surface area contributed by atoms with Crippen LogP contribution in [0.25, 0.3) is 0 Å². The topological polar surface area (TPSA) is 46.5 Å². The van der Waals surface area contributed by atoms with Gasteiger partial charge in [0.15, 0.2) is 0 Å². The number of ether oxygens (including phenoxy) is 1. The number of benzene rings is 2.